The zero-order valence-corrected chi connectivity index (χ0v) is 18.3. The van der Waals surface area contributed by atoms with Gasteiger partial charge < -0.3 is 14.2 Å². The fourth-order valence-corrected chi connectivity index (χ4v) is 4.97. The topological polar surface area (TPSA) is 65.1 Å². The number of hydrogen-bond acceptors (Lipinski definition) is 5. The summed E-state index contributed by atoms with van der Waals surface area (Å²) in [5, 5.41) is 0. The number of carbonyl (C=O) groups is 2. The predicted octanol–water partition coefficient (Wildman–Crippen LogP) is 4.65. The van der Waals surface area contributed by atoms with Crippen LogP contribution in [0.1, 0.15) is 86.5 Å². The minimum atomic E-state index is -0.801. The average molecular weight is 396 g/mol. The van der Waals surface area contributed by atoms with Crippen molar-refractivity contribution in [1.29, 1.82) is 0 Å². The van der Waals surface area contributed by atoms with Gasteiger partial charge in [-0.3, -0.25) is 9.69 Å². The largest absolute Gasteiger partial charge is 0.459 e. The van der Waals surface area contributed by atoms with Gasteiger partial charge in [0, 0.05) is 6.42 Å². The minimum absolute atomic E-state index is 0.123. The van der Waals surface area contributed by atoms with Crippen LogP contribution >= 0.6 is 0 Å². The van der Waals surface area contributed by atoms with Crippen LogP contribution < -0.4 is 0 Å². The number of esters is 1. The van der Waals surface area contributed by atoms with Gasteiger partial charge >= 0.3 is 12.1 Å². The molecular formula is C22H37NO5. The molecule has 3 aliphatic rings. The Bertz CT molecular complexity index is 590. The second kappa shape index (κ2) is 7.85. The lowest BCUT2D eigenvalue weighted by atomic mass is 9.82. The number of rotatable bonds is 3. The van der Waals surface area contributed by atoms with Crippen LogP contribution in [0, 0.1) is 11.8 Å². The van der Waals surface area contributed by atoms with Gasteiger partial charge in [0.15, 0.2) is 0 Å². The molecule has 0 N–H and O–H groups in total. The molecule has 2 unspecified atom stereocenters. The molecule has 0 radical (unpaired) electrons. The molecule has 1 saturated carbocycles. The Hall–Kier alpha value is -1.30. The normalized spacial score (nSPS) is 33.8. The van der Waals surface area contributed by atoms with E-state index < -0.39 is 11.3 Å². The molecule has 2 saturated heterocycles. The highest BCUT2D eigenvalue weighted by Gasteiger charge is 2.56. The monoisotopic (exact) mass is 395 g/mol. The minimum Gasteiger partial charge on any atom is -0.459 e. The van der Waals surface area contributed by atoms with Crippen molar-refractivity contribution in [2.45, 2.75) is 116 Å². The molecule has 6 heteroatoms. The Morgan fingerprint density at radius 2 is 1.86 bits per heavy atom. The molecule has 28 heavy (non-hydrogen) atoms. The maximum Gasteiger partial charge on any atom is 0.412 e. The lowest BCUT2D eigenvalue weighted by molar-refractivity contribution is -0.152. The Balaban J connectivity index is 1.86. The fourth-order valence-electron chi connectivity index (χ4n) is 4.97. The van der Waals surface area contributed by atoms with Crippen LogP contribution in [0.5, 0.6) is 0 Å². The second-order valence-electron chi connectivity index (χ2n) is 10.3. The molecule has 2 aliphatic heterocycles. The quantitative estimate of drug-likeness (QED) is 0.651. The van der Waals surface area contributed by atoms with Crippen molar-refractivity contribution in [3.63, 3.8) is 0 Å². The van der Waals surface area contributed by atoms with Crippen LogP contribution in [0.4, 0.5) is 4.79 Å². The predicted molar refractivity (Wildman–Crippen MR) is 106 cm³/mol. The van der Waals surface area contributed by atoms with E-state index >= 15 is 0 Å². The highest BCUT2D eigenvalue weighted by molar-refractivity contribution is 5.74. The van der Waals surface area contributed by atoms with Gasteiger partial charge in [0.25, 0.3) is 0 Å². The van der Waals surface area contributed by atoms with E-state index in [2.05, 4.69) is 0 Å². The number of hydrogen-bond donors (Lipinski definition) is 0. The maximum atomic E-state index is 13.1. The summed E-state index contributed by atoms with van der Waals surface area (Å²) in [4.78, 5) is 26.9. The van der Waals surface area contributed by atoms with Crippen molar-refractivity contribution in [3.8, 4) is 0 Å². The van der Waals surface area contributed by atoms with Crippen LogP contribution in [-0.2, 0) is 19.0 Å². The molecule has 3 fully saturated rings. The van der Waals surface area contributed by atoms with Gasteiger partial charge in [-0.05, 0) is 47.0 Å². The number of ether oxygens (including phenoxy) is 3. The van der Waals surface area contributed by atoms with Crippen molar-refractivity contribution in [2.75, 3.05) is 0 Å². The lowest BCUT2D eigenvalue weighted by Gasteiger charge is -2.37. The summed E-state index contributed by atoms with van der Waals surface area (Å²) in [5.41, 5.74) is -1.38. The number of amides is 1. The first kappa shape index (κ1) is 21.4. The van der Waals surface area contributed by atoms with Gasteiger partial charge in [-0.2, -0.15) is 0 Å². The number of cyclic esters (lactones) is 1. The van der Waals surface area contributed by atoms with Crippen molar-refractivity contribution >= 4 is 12.1 Å². The van der Waals surface area contributed by atoms with Gasteiger partial charge in [-0.25, -0.2) is 4.79 Å². The molecule has 1 amide bonds. The zero-order valence-electron chi connectivity index (χ0n) is 18.3. The van der Waals surface area contributed by atoms with E-state index in [1.807, 2.05) is 41.5 Å². The SMILES string of the molecule is C[C@@H]1C[C@H](C2OC(C)(C)N(C(=O)OC(C)(C)C)C2CC2CCCCC2)OC1=O. The molecule has 6 nitrogen and oxygen atoms in total. The number of nitrogens with zero attached hydrogens (tertiary/aromatic N) is 1. The Morgan fingerprint density at radius 3 is 2.39 bits per heavy atom. The molecule has 0 aromatic rings. The van der Waals surface area contributed by atoms with Crippen molar-refractivity contribution in [1.82, 2.24) is 4.90 Å². The average Bonchev–Trinajstić information content (AvgIpc) is 3.03. The van der Waals surface area contributed by atoms with E-state index in [1.54, 1.807) is 4.90 Å². The first-order valence-electron chi connectivity index (χ1n) is 10.9. The summed E-state index contributed by atoms with van der Waals surface area (Å²) < 4.78 is 17.8. The molecule has 0 aromatic heterocycles. The van der Waals surface area contributed by atoms with Crippen molar-refractivity contribution in [3.05, 3.63) is 0 Å². The Morgan fingerprint density at radius 1 is 1.21 bits per heavy atom. The Labute approximate surface area is 169 Å². The molecule has 160 valence electrons. The first-order chi connectivity index (χ1) is 13.0. The molecule has 1 aliphatic carbocycles. The summed E-state index contributed by atoms with van der Waals surface area (Å²) in [6.45, 7) is 11.3. The molecular weight excluding hydrogens is 358 g/mol. The van der Waals surface area contributed by atoms with Crippen molar-refractivity contribution in [2.24, 2.45) is 11.8 Å². The smallest absolute Gasteiger partial charge is 0.412 e. The number of carbonyl (C=O) groups excluding carboxylic acids is 2. The van der Waals surface area contributed by atoms with E-state index in [1.165, 1.54) is 32.1 Å². The van der Waals surface area contributed by atoms with E-state index in [-0.39, 0.29) is 36.2 Å². The fraction of sp³-hybridized carbons (Fsp3) is 0.909. The first-order valence-corrected chi connectivity index (χ1v) is 10.9. The molecule has 0 bridgehead atoms. The van der Waals surface area contributed by atoms with Gasteiger partial charge in [-0.1, -0.05) is 39.0 Å². The molecule has 0 spiro atoms. The second-order valence-corrected chi connectivity index (χ2v) is 10.3. The van der Waals surface area contributed by atoms with Gasteiger partial charge in [0.2, 0.25) is 0 Å². The third-order valence-corrected chi connectivity index (χ3v) is 6.23. The summed E-state index contributed by atoms with van der Waals surface area (Å²) in [7, 11) is 0. The zero-order chi connectivity index (χ0) is 20.7. The van der Waals surface area contributed by atoms with Crippen LogP contribution in [-0.4, -0.2) is 46.5 Å². The van der Waals surface area contributed by atoms with E-state index in [4.69, 9.17) is 14.2 Å². The third-order valence-electron chi connectivity index (χ3n) is 6.23. The van der Waals surface area contributed by atoms with Gasteiger partial charge in [-0.15, -0.1) is 0 Å². The van der Waals surface area contributed by atoms with Crippen molar-refractivity contribution < 1.29 is 23.8 Å². The van der Waals surface area contributed by atoms with Crippen LogP contribution in [0.2, 0.25) is 0 Å². The molecule has 0 aromatic carbocycles. The summed E-state index contributed by atoms with van der Waals surface area (Å²) in [6.07, 6.45) is 6.71. The Kier molecular flexibility index (Phi) is 6.00. The summed E-state index contributed by atoms with van der Waals surface area (Å²) in [6, 6.07) is -0.143. The standard InChI is InChI=1S/C22H37NO5/c1-14-12-17(26-19(14)24)18-16(13-15-10-8-7-9-11-15)23(22(5,6)27-18)20(25)28-21(2,3)4/h14-18H,7-13H2,1-6H3/t14-,16?,17-,18?/m1/s1. The third kappa shape index (κ3) is 4.64. The van der Waals surface area contributed by atoms with Gasteiger partial charge in [0.05, 0.1) is 12.0 Å². The van der Waals surface area contributed by atoms with E-state index in [0.29, 0.717) is 12.3 Å². The highest BCUT2D eigenvalue weighted by Crippen LogP contribution is 2.42. The van der Waals surface area contributed by atoms with Crippen LogP contribution in [0.15, 0.2) is 0 Å². The summed E-state index contributed by atoms with van der Waals surface area (Å²) >= 11 is 0. The molecule has 4 atom stereocenters. The van der Waals surface area contributed by atoms with E-state index in [9.17, 15) is 9.59 Å². The van der Waals surface area contributed by atoms with Crippen LogP contribution in [0.3, 0.4) is 0 Å². The highest BCUT2D eigenvalue weighted by atomic mass is 16.6. The van der Waals surface area contributed by atoms with Crippen LogP contribution in [0.25, 0.3) is 0 Å². The summed E-state index contributed by atoms with van der Waals surface area (Å²) in [5.74, 6) is 0.277. The molecule has 2 heterocycles. The van der Waals surface area contributed by atoms with Gasteiger partial charge in [0.1, 0.15) is 23.5 Å². The maximum absolute atomic E-state index is 13.1. The lowest BCUT2D eigenvalue weighted by Crippen LogP contribution is -2.51. The molecule has 3 rings (SSSR count). The van der Waals surface area contributed by atoms with E-state index in [0.717, 1.165) is 6.42 Å².